The Hall–Kier alpha value is -1.91. The SMILES string of the molecule is COC(=O)CNc1cc(F)cc(C(C)=O)c1. The molecule has 0 aromatic heterocycles. The lowest BCUT2D eigenvalue weighted by Gasteiger charge is -2.06. The molecule has 0 bridgehead atoms. The molecule has 1 aromatic rings. The summed E-state index contributed by atoms with van der Waals surface area (Å²) in [7, 11) is 1.26. The van der Waals surface area contributed by atoms with Gasteiger partial charge in [0.1, 0.15) is 12.4 Å². The van der Waals surface area contributed by atoms with Crippen LogP contribution in [0.5, 0.6) is 0 Å². The number of nitrogens with one attached hydrogen (secondary N) is 1. The van der Waals surface area contributed by atoms with Gasteiger partial charge in [-0.05, 0) is 25.1 Å². The van der Waals surface area contributed by atoms with Crippen LogP contribution < -0.4 is 5.32 Å². The summed E-state index contributed by atoms with van der Waals surface area (Å²) >= 11 is 0. The molecule has 0 aliphatic rings. The highest BCUT2D eigenvalue weighted by molar-refractivity contribution is 5.95. The number of hydrogen-bond acceptors (Lipinski definition) is 4. The van der Waals surface area contributed by atoms with E-state index in [-0.39, 0.29) is 17.9 Å². The van der Waals surface area contributed by atoms with Crippen LogP contribution in [0.4, 0.5) is 10.1 Å². The van der Waals surface area contributed by atoms with Crippen LogP contribution in [0.2, 0.25) is 0 Å². The lowest BCUT2D eigenvalue weighted by molar-refractivity contribution is -0.138. The van der Waals surface area contributed by atoms with Crippen molar-refractivity contribution in [1.82, 2.24) is 0 Å². The molecule has 0 aliphatic carbocycles. The molecule has 0 atom stereocenters. The fourth-order valence-electron chi connectivity index (χ4n) is 1.14. The topological polar surface area (TPSA) is 55.4 Å². The third-order valence-corrected chi connectivity index (χ3v) is 1.97. The zero-order chi connectivity index (χ0) is 12.1. The molecule has 0 heterocycles. The van der Waals surface area contributed by atoms with Gasteiger partial charge in [-0.3, -0.25) is 9.59 Å². The van der Waals surface area contributed by atoms with Gasteiger partial charge < -0.3 is 10.1 Å². The van der Waals surface area contributed by atoms with Gasteiger partial charge in [-0.1, -0.05) is 0 Å². The summed E-state index contributed by atoms with van der Waals surface area (Å²) in [5, 5.41) is 2.66. The Bertz CT molecular complexity index is 418. The van der Waals surface area contributed by atoms with Crippen molar-refractivity contribution in [3.63, 3.8) is 0 Å². The van der Waals surface area contributed by atoms with E-state index in [1.165, 1.54) is 26.2 Å². The zero-order valence-electron chi connectivity index (χ0n) is 9.04. The number of rotatable bonds is 4. The molecule has 4 nitrogen and oxygen atoms in total. The summed E-state index contributed by atoms with van der Waals surface area (Å²) in [4.78, 5) is 21.9. The first-order valence-electron chi connectivity index (χ1n) is 4.65. The lowest BCUT2D eigenvalue weighted by Crippen LogP contribution is -2.15. The number of carbonyl (C=O) groups excluding carboxylic acids is 2. The van der Waals surface area contributed by atoms with Gasteiger partial charge in [-0.2, -0.15) is 0 Å². The van der Waals surface area contributed by atoms with E-state index in [1.807, 2.05) is 0 Å². The number of hydrogen-bond donors (Lipinski definition) is 1. The largest absolute Gasteiger partial charge is 0.468 e. The van der Waals surface area contributed by atoms with E-state index >= 15 is 0 Å². The van der Waals surface area contributed by atoms with Crippen LogP contribution in [-0.2, 0) is 9.53 Å². The van der Waals surface area contributed by atoms with Gasteiger partial charge in [0.15, 0.2) is 5.78 Å². The Morgan fingerprint density at radius 2 is 2.06 bits per heavy atom. The van der Waals surface area contributed by atoms with Crippen molar-refractivity contribution in [2.24, 2.45) is 0 Å². The lowest BCUT2D eigenvalue weighted by atomic mass is 10.1. The normalized spacial score (nSPS) is 9.69. The minimum atomic E-state index is -0.528. The Morgan fingerprint density at radius 1 is 1.38 bits per heavy atom. The second-order valence-corrected chi connectivity index (χ2v) is 3.21. The molecule has 1 N–H and O–H groups in total. The third kappa shape index (κ3) is 3.34. The number of anilines is 1. The van der Waals surface area contributed by atoms with Crippen LogP contribution in [-0.4, -0.2) is 25.4 Å². The summed E-state index contributed by atoms with van der Waals surface area (Å²) in [6, 6.07) is 3.83. The third-order valence-electron chi connectivity index (χ3n) is 1.97. The molecule has 0 unspecified atom stereocenters. The molecule has 0 saturated heterocycles. The average Bonchev–Trinajstić information content (AvgIpc) is 2.25. The van der Waals surface area contributed by atoms with Crippen molar-refractivity contribution in [2.45, 2.75) is 6.92 Å². The van der Waals surface area contributed by atoms with Gasteiger partial charge in [0, 0.05) is 11.3 Å². The van der Waals surface area contributed by atoms with E-state index in [2.05, 4.69) is 10.1 Å². The van der Waals surface area contributed by atoms with Gasteiger partial charge in [0.25, 0.3) is 0 Å². The minimum absolute atomic E-state index is 0.0721. The molecule has 16 heavy (non-hydrogen) atoms. The van der Waals surface area contributed by atoms with Crippen LogP contribution >= 0.6 is 0 Å². The molecule has 0 aliphatic heterocycles. The van der Waals surface area contributed by atoms with Crippen molar-refractivity contribution in [1.29, 1.82) is 0 Å². The maximum absolute atomic E-state index is 13.1. The van der Waals surface area contributed by atoms with Crippen molar-refractivity contribution in [3.05, 3.63) is 29.6 Å². The standard InChI is InChI=1S/C11H12FNO3/c1-7(14)8-3-9(12)5-10(4-8)13-6-11(15)16-2/h3-5,13H,6H2,1-2H3. The minimum Gasteiger partial charge on any atom is -0.468 e. The van der Waals surface area contributed by atoms with Crippen molar-refractivity contribution >= 4 is 17.4 Å². The monoisotopic (exact) mass is 225 g/mol. The number of halogens is 1. The van der Waals surface area contributed by atoms with Crippen LogP contribution in [0.15, 0.2) is 18.2 Å². The Kier molecular flexibility index (Phi) is 3.99. The fraction of sp³-hybridized carbons (Fsp3) is 0.273. The summed E-state index contributed by atoms with van der Waals surface area (Å²) in [5.74, 6) is -1.23. The molecule has 0 radical (unpaired) electrons. The second kappa shape index (κ2) is 5.25. The molecule has 5 heteroatoms. The number of carbonyl (C=O) groups is 2. The summed E-state index contributed by atoms with van der Waals surface area (Å²) in [6.45, 7) is 1.27. The maximum atomic E-state index is 13.1. The van der Waals surface area contributed by atoms with Crippen molar-refractivity contribution < 1.29 is 18.7 Å². The Morgan fingerprint density at radius 3 is 2.62 bits per heavy atom. The number of Topliss-reactive ketones (excluding diaryl/α,β-unsaturated/α-hetero) is 1. The van der Waals surface area contributed by atoms with Crippen LogP contribution in [0, 0.1) is 5.82 Å². The van der Waals surface area contributed by atoms with Gasteiger partial charge in [-0.15, -0.1) is 0 Å². The van der Waals surface area contributed by atoms with Crippen molar-refractivity contribution in [2.75, 3.05) is 19.0 Å². The van der Waals surface area contributed by atoms with E-state index in [4.69, 9.17) is 0 Å². The average molecular weight is 225 g/mol. The number of esters is 1. The van der Waals surface area contributed by atoms with Crippen LogP contribution in [0.1, 0.15) is 17.3 Å². The Balaban J connectivity index is 2.80. The second-order valence-electron chi connectivity index (χ2n) is 3.21. The quantitative estimate of drug-likeness (QED) is 0.624. The highest BCUT2D eigenvalue weighted by atomic mass is 19.1. The molecule has 0 spiro atoms. The first-order chi connectivity index (χ1) is 7.52. The van der Waals surface area contributed by atoms with Gasteiger partial charge >= 0.3 is 5.97 Å². The molecule has 1 rings (SSSR count). The van der Waals surface area contributed by atoms with E-state index in [0.29, 0.717) is 5.69 Å². The number of ketones is 1. The number of benzene rings is 1. The molecular formula is C11H12FNO3. The summed E-state index contributed by atoms with van der Waals surface area (Å²) < 4.78 is 17.5. The highest BCUT2D eigenvalue weighted by Crippen LogP contribution is 2.14. The summed E-state index contributed by atoms with van der Waals surface area (Å²) in [5.41, 5.74) is 0.628. The van der Waals surface area contributed by atoms with E-state index in [9.17, 15) is 14.0 Å². The highest BCUT2D eigenvalue weighted by Gasteiger charge is 2.06. The smallest absolute Gasteiger partial charge is 0.325 e. The first kappa shape index (κ1) is 12.2. The molecule has 0 amide bonds. The Labute approximate surface area is 92.4 Å². The van der Waals surface area contributed by atoms with E-state index in [1.54, 1.807) is 0 Å². The van der Waals surface area contributed by atoms with Crippen LogP contribution in [0.3, 0.4) is 0 Å². The predicted octanol–water partition coefficient (Wildman–Crippen LogP) is 1.61. The molecule has 1 aromatic carbocycles. The van der Waals surface area contributed by atoms with E-state index < -0.39 is 11.8 Å². The maximum Gasteiger partial charge on any atom is 0.325 e. The summed E-state index contributed by atoms with van der Waals surface area (Å²) in [6.07, 6.45) is 0. The fourth-order valence-corrected chi connectivity index (χ4v) is 1.14. The van der Waals surface area contributed by atoms with Gasteiger partial charge in [0.2, 0.25) is 0 Å². The zero-order valence-corrected chi connectivity index (χ0v) is 9.04. The van der Waals surface area contributed by atoms with Gasteiger partial charge in [-0.25, -0.2) is 4.39 Å². The molecule has 86 valence electrons. The number of ether oxygens (including phenoxy) is 1. The van der Waals surface area contributed by atoms with Gasteiger partial charge in [0.05, 0.1) is 7.11 Å². The predicted molar refractivity (Wildman–Crippen MR) is 56.9 cm³/mol. The van der Waals surface area contributed by atoms with Crippen LogP contribution in [0.25, 0.3) is 0 Å². The van der Waals surface area contributed by atoms with Crippen molar-refractivity contribution in [3.8, 4) is 0 Å². The molecule has 0 saturated carbocycles. The molecular weight excluding hydrogens is 213 g/mol. The van der Waals surface area contributed by atoms with E-state index in [0.717, 1.165) is 6.07 Å². The number of methoxy groups -OCH3 is 1. The first-order valence-corrected chi connectivity index (χ1v) is 4.65. The molecule has 0 fully saturated rings.